The molecule has 29 heavy (non-hydrogen) atoms. The summed E-state index contributed by atoms with van der Waals surface area (Å²) in [6, 6.07) is 8.74. The van der Waals surface area contributed by atoms with Crippen molar-refractivity contribution in [1.82, 2.24) is 10.6 Å². The van der Waals surface area contributed by atoms with Gasteiger partial charge in [0.1, 0.15) is 5.60 Å². The number of carbonyl (C=O) groups is 3. The molecule has 1 aliphatic rings. The fourth-order valence-electron chi connectivity index (χ4n) is 3.45. The average Bonchev–Trinajstić information content (AvgIpc) is 2.66. The van der Waals surface area contributed by atoms with Gasteiger partial charge in [-0.15, -0.1) is 0 Å². The Morgan fingerprint density at radius 3 is 2.31 bits per heavy atom. The number of imide groups is 1. The highest BCUT2D eigenvalue weighted by molar-refractivity contribution is 5.98. The lowest BCUT2D eigenvalue weighted by atomic mass is 9.81. The molecule has 1 aliphatic carbocycles. The van der Waals surface area contributed by atoms with E-state index < -0.39 is 23.6 Å². The van der Waals surface area contributed by atoms with Crippen LogP contribution in [-0.2, 0) is 20.7 Å². The van der Waals surface area contributed by atoms with Gasteiger partial charge in [0.2, 0.25) is 11.8 Å². The molecule has 7 heteroatoms. The molecule has 2 rings (SSSR count). The van der Waals surface area contributed by atoms with Crippen LogP contribution in [0.1, 0.15) is 52.0 Å². The number of nitrogens with one attached hydrogen (secondary N) is 2. The molecular formula is C22H33N3O4. The molecule has 160 valence electrons. The van der Waals surface area contributed by atoms with Crippen LogP contribution in [0.15, 0.2) is 30.3 Å². The van der Waals surface area contributed by atoms with Gasteiger partial charge >= 0.3 is 6.09 Å². The first-order valence-electron chi connectivity index (χ1n) is 10.2. The van der Waals surface area contributed by atoms with Crippen molar-refractivity contribution >= 4 is 17.9 Å². The molecule has 0 aromatic heterocycles. The van der Waals surface area contributed by atoms with Crippen molar-refractivity contribution in [1.29, 1.82) is 0 Å². The second-order valence-electron chi connectivity index (χ2n) is 8.75. The van der Waals surface area contributed by atoms with E-state index in [1.807, 2.05) is 51.1 Å². The molecule has 1 aromatic carbocycles. The molecule has 4 N–H and O–H groups in total. The first-order valence-corrected chi connectivity index (χ1v) is 10.2. The summed E-state index contributed by atoms with van der Waals surface area (Å²) in [4.78, 5) is 36.4. The van der Waals surface area contributed by atoms with E-state index in [0.29, 0.717) is 31.7 Å². The quantitative estimate of drug-likeness (QED) is 0.676. The molecule has 3 amide bonds. The molecule has 0 heterocycles. The number of benzene rings is 1. The summed E-state index contributed by atoms with van der Waals surface area (Å²) in [6.45, 7) is 6.00. The Morgan fingerprint density at radius 1 is 1.10 bits per heavy atom. The zero-order valence-electron chi connectivity index (χ0n) is 17.6. The van der Waals surface area contributed by atoms with E-state index in [1.165, 1.54) is 0 Å². The Labute approximate surface area is 172 Å². The van der Waals surface area contributed by atoms with Crippen LogP contribution >= 0.6 is 0 Å². The fourth-order valence-corrected chi connectivity index (χ4v) is 3.45. The summed E-state index contributed by atoms with van der Waals surface area (Å²) < 4.78 is 5.23. The third-order valence-corrected chi connectivity index (χ3v) is 5.03. The Hall–Kier alpha value is -2.41. The third kappa shape index (κ3) is 8.23. The van der Waals surface area contributed by atoms with Gasteiger partial charge in [-0.25, -0.2) is 4.79 Å². The second kappa shape index (κ2) is 10.4. The molecule has 1 aromatic rings. The highest BCUT2D eigenvalue weighted by Gasteiger charge is 2.29. The van der Waals surface area contributed by atoms with Crippen molar-refractivity contribution in [3.8, 4) is 0 Å². The largest absolute Gasteiger partial charge is 0.444 e. The van der Waals surface area contributed by atoms with Gasteiger partial charge in [-0.2, -0.15) is 0 Å². The third-order valence-electron chi connectivity index (χ3n) is 5.03. The summed E-state index contributed by atoms with van der Waals surface area (Å²) in [5.74, 6) is -0.576. The van der Waals surface area contributed by atoms with Gasteiger partial charge < -0.3 is 15.8 Å². The van der Waals surface area contributed by atoms with E-state index >= 15 is 0 Å². The highest BCUT2D eigenvalue weighted by Crippen LogP contribution is 2.28. The molecule has 0 radical (unpaired) electrons. The van der Waals surface area contributed by atoms with Crippen molar-refractivity contribution in [2.75, 3.05) is 6.54 Å². The predicted octanol–water partition coefficient (Wildman–Crippen LogP) is 2.53. The van der Waals surface area contributed by atoms with Gasteiger partial charge in [-0.3, -0.25) is 14.9 Å². The van der Waals surface area contributed by atoms with Gasteiger partial charge in [-0.05, 0) is 64.4 Å². The lowest BCUT2D eigenvalue weighted by Gasteiger charge is -2.28. The maximum atomic E-state index is 12.4. The molecule has 0 unspecified atom stereocenters. The van der Waals surface area contributed by atoms with Crippen LogP contribution in [0.2, 0.25) is 0 Å². The standard InChI is InChI=1S/C22H33N3O4/c1-22(2,3)29-21(28)24-14-16-9-11-17(12-10-16)19(26)25-20(27)18(23)13-15-7-5-4-6-8-15/h4-8,16-18H,9-14,23H2,1-3H3,(H,24,28)(H,25,26,27)/t16?,17?,18-/m0/s1. The number of amides is 3. The summed E-state index contributed by atoms with van der Waals surface area (Å²) in [7, 11) is 0. The van der Waals surface area contributed by atoms with Crippen LogP contribution in [0.25, 0.3) is 0 Å². The summed E-state index contributed by atoms with van der Waals surface area (Å²) in [5, 5.41) is 5.26. The molecular weight excluding hydrogens is 370 g/mol. The minimum Gasteiger partial charge on any atom is -0.444 e. The minimum absolute atomic E-state index is 0.194. The monoisotopic (exact) mass is 403 g/mol. The zero-order chi connectivity index (χ0) is 21.4. The topological polar surface area (TPSA) is 111 Å². The number of hydrogen-bond acceptors (Lipinski definition) is 5. The Balaban J connectivity index is 1.70. The predicted molar refractivity (Wildman–Crippen MR) is 111 cm³/mol. The molecule has 1 saturated carbocycles. The molecule has 0 spiro atoms. The first kappa shape index (κ1) is 22.9. The van der Waals surface area contributed by atoms with Gasteiger partial charge in [0.15, 0.2) is 0 Å². The van der Waals surface area contributed by atoms with Crippen LogP contribution in [0, 0.1) is 11.8 Å². The number of nitrogens with two attached hydrogens (primary N) is 1. The van der Waals surface area contributed by atoms with E-state index in [0.717, 1.165) is 18.4 Å². The maximum Gasteiger partial charge on any atom is 0.407 e. The maximum absolute atomic E-state index is 12.4. The molecule has 0 saturated heterocycles. The van der Waals surface area contributed by atoms with Crippen molar-refractivity contribution in [2.45, 2.75) is 64.5 Å². The Bertz CT molecular complexity index is 692. The molecule has 7 nitrogen and oxygen atoms in total. The van der Waals surface area contributed by atoms with E-state index in [9.17, 15) is 14.4 Å². The van der Waals surface area contributed by atoms with Crippen molar-refractivity contribution in [3.05, 3.63) is 35.9 Å². The van der Waals surface area contributed by atoms with Gasteiger partial charge in [0, 0.05) is 12.5 Å². The average molecular weight is 404 g/mol. The van der Waals surface area contributed by atoms with Crippen molar-refractivity contribution < 1.29 is 19.1 Å². The van der Waals surface area contributed by atoms with E-state index in [2.05, 4.69) is 10.6 Å². The van der Waals surface area contributed by atoms with E-state index in [4.69, 9.17) is 10.5 Å². The van der Waals surface area contributed by atoms with Crippen molar-refractivity contribution in [2.24, 2.45) is 17.6 Å². The van der Waals surface area contributed by atoms with Gasteiger partial charge in [-0.1, -0.05) is 30.3 Å². The van der Waals surface area contributed by atoms with Crippen LogP contribution in [0.3, 0.4) is 0 Å². The number of carbonyl (C=O) groups excluding carboxylic acids is 3. The zero-order valence-corrected chi connectivity index (χ0v) is 17.6. The van der Waals surface area contributed by atoms with E-state index in [-0.39, 0.29) is 11.8 Å². The van der Waals surface area contributed by atoms with Crippen LogP contribution in [0.5, 0.6) is 0 Å². The molecule has 1 fully saturated rings. The van der Waals surface area contributed by atoms with E-state index in [1.54, 1.807) is 0 Å². The first-order chi connectivity index (χ1) is 13.6. The highest BCUT2D eigenvalue weighted by atomic mass is 16.6. The summed E-state index contributed by atoms with van der Waals surface area (Å²) >= 11 is 0. The lowest BCUT2D eigenvalue weighted by molar-refractivity contribution is -0.134. The molecule has 1 atom stereocenters. The van der Waals surface area contributed by atoms with Gasteiger partial charge in [0.05, 0.1) is 6.04 Å². The fraction of sp³-hybridized carbons (Fsp3) is 0.591. The van der Waals surface area contributed by atoms with Crippen LogP contribution in [0.4, 0.5) is 4.79 Å². The van der Waals surface area contributed by atoms with Crippen LogP contribution in [-0.4, -0.2) is 36.1 Å². The molecule has 0 bridgehead atoms. The Kier molecular flexibility index (Phi) is 8.20. The lowest BCUT2D eigenvalue weighted by Crippen LogP contribution is -2.47. The smallest absolute Gasteiger partial charge is 0.407 e. The number of hydrogen-bond donors (Lipinski definition) is 3. The number of ether oxygens (including phenoxy) is 1. The second-order valence-corrected chi connectivity index (χ2v) is 8.75. The normalized spacial score (nSPS) is 20.4. The Morgan fingerprint density at radius 2 is 1.72 bits per heavy atom. The number of alkyl carbamates (subject to hydrolysis) is 1. The summed E-state index contributed by atoms with van der Waals surface area (Å²) in [5.41, 5.74) is 6.38. The SMILES string of the molecule is CC(C)(C)OC(=O)NCC1CCC(C(=O)NC(=O)[C@@H](N)Cc2ccccc2)CC1. The number of rotatable bonds is 6. The van der Waals surface area contributed by atoms with Crippen LogP contribution < -0.4 is 16.4 Å². The minimum atomic E-state index is -0.754. The van der Waals surface area contributed by atoms with Crippen molar-refractivity contribution in [3.63, 3.8) is 0 Å². The molecule has 0 aliphatic heterocycles. The summed E-state index contributed by atoms with van der Waals surface area (Å²) in [6.07, 6.45) is 2.98. The van der Waals surface area contributed by atoms with Gasteiger partial charge in [0.25, 0.3) is 0 Å².